The summed E-state index contributed by atoms with van der Waals surface area (Å²) in [6, 6.07) is 5.44. The molecule has 8 heteroatoms. The first kappa shape index (κ1) is 20.3. The number of carbonyl (C=O) groups excluding carboxylic acids is 1. The van der Waals surface area contributed by atoms with Crippen LogP contribution in [0.1, 0.15) is 20.8 Å². The van der Waals surface area contributed by atoms with Gasteiger partial charge in [0.25, 0.3) is 0 Å². The van der Waals surface area contributed by atoms with E-state index in [1.54, 1.807) is 32.6 Å². The maximum absolute atomic E-state index is 11.4. The van der Waals surface area contributed by atoms with Gasteiger partial charge in [-0.2, -0.15) is 0 Å². The fraction of sp³-hybridized carbons (Fsp3) is 0.400. The van der Waals surface area contributed by atoms with Crippen LogP contribution in [0, 0.1) is 0 Å². The van der Waals surface area contributed by atoms with Gasteiger partial charge in [0, 0.05) is 12.3 Å². The van der Waals surface area contributed by atoms with Crippen LogP contribution in [0.4, 0.5) is 0 Å². The van der Waals surface area contributed by atoms with Gasteiger partial charge in [0.2, 0.25) is 5.71 Å². The summed E-state index contributed by atoms with van der Waals surface area (Å²) in [6.07, 6.45) is 1.06. The van der Waals surface area contributed by atoms with E-state index < -0.39 is 10.4 Å². The van der Waals surface area contributed by atoms with Crippen LogP contribution in [0.3, 0.4) is 0 Å². The number of pyridine rings is 1. The quantitative estimate of drug-likeness (QED) is 0.386. The van der Waals surface area contributed by atoms with E-state index in [0.717, 1.165) is 10.8 Å². The highest BCUT2D eigenvalue weighted by Gasteiger charge is 2.31. The van der Waals surface area contributed by atoms with E-state index in [0.29, 0.717) is 28.5 Å². The fourth-order valence-electron chi connectivity index (χ4n) is 2.92. The Balaban J connectivity index is 2.02. The van der Waals surface area contributed by atoms with Crippen molar-refractivity contribution < 1.29 is 28.2 Å². The number of ether oxygens (including phenoxy) is 4. The molecule has 28 heavy (non-hydrogen) atoms. The highest BCUT2D eigenvalue weighted by Crippen LogP contribution is 2.41. The summed E-state index contributed by atoms with van der Waals surface area (Å²) in [5, 5.41) is 1.56. The summed E-state index contributed by atoms with van der Waals surface area (Å²) >= 11 is 3.53. The van der Waals surface area contributed by atoms with Gasteiger partial charge in [0.1, 0.15) is 17.9 Å². The third-order valence-electron chi connectivity index (χ3n) is 4.32. The van der Waals surface area contributed by atoms with E-state index in [2.05, 4.69) is 20.9 Å². The van der Waals surface area contributed by atoms with Crippen LogP contribution >= 0.6 is 15.9 Å². The molecule has 0 N–H and O–H groups in total. The summed E-state index contributed by atoms with van der Waals surface area (Å²) in [7, 11) is 3.14. The maximum Gasteiger partial charge on any atom is 0.303 e. The minimum Gasteiger partial charge on any atom is -0.495 e. The Morgan fingerprint density at radius 3 is 2.50 bits per heavy atom. The largest absolute Gasteiger partial charge is 0.495 e. The zero-order chi connectivity index (χ0) is 20.5. The summed E-state index contributed by atoms with van der Waals surface area (Å²) in [4.78, 5) is 16.0. The number of esters is 1. The predicted octanol–water partition coefficient (Wildman–Crippen LogP) is 4.48. The number of aromatic nitrogens is 1. The second-order valence-electron chi connectivity index (χ2n) is 6.75. The standard InChI is InChI=1S/C20H22BrNO6/c1-11(23)28-15(20(2,3)21)10-27-14-7-6-12-16(18(14)25-5)22-19-13(8-9-26-19)17(12)24-4/h6-9,15H,10H2,1-5H3/t15-/m1/s1. The van der Waals surface area contributed by atoms with Gasteiger partial charge in [0.05, 0.1) is 30.2 Å². The molecule has 0 fully saturated rings. The molecule has 150 valence electrons. The van der Waals surface area contributed by atoms with Gasteiger partial charge >= 0.3 is 5.97 Å². The Hall–Kier alpha value is -2.48. The molecule has 1 aromatic carbocycles. The van der Waals surface area contributed by atoms with E-state index in [-0.39, 0.29) is 12.6 Å². The molecule has 3 aromatic rings. The van der Waals surface area contributed by atoms with Crippen molar-refractivity contribution in [3.63, 3.8) is 0 Å². The van der Waals surface area contributed by atoms with E-state index in [9.17, 15) is 4.79 Å². The highest BCUT2D eigenvalue weighted by atomic mass is 79.9. The number of alkyl halides is 1. The van der Waals surface area contributed by atoms with Crippen LogP contribution in [0.25, 0.3) is 22.0 Å². The van der Waals surface area contributed by atoms with Crippen LogP contribution < -0.4 is 14.2 Å². The third-order valence-corrected chi connectivity index (χ3v) is 4.83. The Labute approximate surface area is 171 Å². The number of rotatable bonds is 7. The first-order chi connectivity index (χ1) is 13.3. The number of furan rings is 1. The van der Waals surface area contributed by atoms with Crippen molar-refractivity contribution >= 4 is 43.9 Å². The molecule has 0 spiro atoms. The summed E-state index contributed by atoms with van der Waals surface area (Å²) < 4.78 is 27.4. The number of carbonyl (C=O) groups is 1. The molecular formula is C20H22BrNO6. The Bertz CT molecular complexity index is 1010. The predicted molar refractivity (Wildman–Crippen MR) is 109 cm³/mol. The lowest BCUT2D eigenvalue weighted by molar-refractivity contribution is -0.149. The molecule has 0 amide bonds. The molecule has 3 rings (SSSR count). The van der Waals surface area contributed by atoms with Gasteiger partial charge < -0.3 is 23.4 Å². The van der Waals surface area contributed by atoms with Gasteiger partial charge in [-0.1, -0.05) is 15.9 Å². The van der Waals surface area contributed by atoms with Gasteiger partial charge in [0.15, 0.2) is 17.6 Å². The van der Waals surface area contributed by atoms with E-state index in [1.165, 1.54) is 6.92 Å². The Morgan fingerprint density at radius 1 is 1.18 bits per heavy atom. The molecule has 1 atom stereocenters. The molecule has 0 radical (unpaired) electrons. The first-order valence-corrected chi connectivity index (χ1v) is 9.46. The second kappa shape index (κ2) is 7.87. The molecule has 0 aliphatic carbocycles. The normalized spacial score (nSPS) is 12.8. The molecule has 0 bridgehead atoms. The van der Waals surface area contributed by atoms with Crippen molar-refractivity contribution in [2.75, 3.05) is 20.8 Å². The van der Waals surface area contributed by atoms with Crippen molar-refractivity contribution in [3.8, 4) is 17.2 Å². The Morgan fingerprint density at radius 2 is 1.89 bits per heavy atom. The van der Waals surface area contributed by atoms with E-state index in [4.69, 9.17) is 23.4 Å². The van der Waals surface area contributed by atoms with E-state index >= 15 is 0 Å². The number of nitrogens with zero attached hydrogens (tertiary/aromatic N) is 1. The summed E-state index contributed by atoms with van der Waals surface area (Å²) in [5.74, 6) is 1.20. The molecule has 0 saturated heterocycles. The molecular weight excluding hydrogens is 430 g/mol. The van der Waals surface area contributed by atoms with Crippen molar-refractivity contribution in [1.29, 1.82) is 0 Å². The van der Waals surface area contributed by atoms with Crippen LogP contribution in [0.15, 0.2) is 28.9 Å². The zero-order valence-corrected chi connectivity index (χ0v) is 18.0. The van der Waals surface area contributed by atoms with Crippen LogP contribution in [0.2, 0.25) is 0 Å². The van der Waals surface area contributed by atoms with E-state index in [1.807, 2.05) is 19.9 Å². The fourth-order valence-corrected chi connectivity index (χ4v) is 3.15. The van der Waals surface area contributed by atoms with Crippen LogP contribution in [-0.4, -0.2) is 42.2 Å². The van der Waals surface area contributed by atoms with Gasteiger partial charge in [-0.05, 0) is 32.0 Å². The SMILES string of the molecule is COc1c2ccoc2nc2c(OC)c(OC[C@@H](OC(C)=O)C(C)(C)Br)ccc12. The van der Waals surface area contributed by atoms with Crippen molar-refractivity contribution in [1.82, 2.24) is 4.98 Å². The lowest BCUT2D eigenvalue weighted by Gasteiger charge is -2.28. The number of methoxy groups -OCH3 is 2. The van der Waals surface area contributed by atoms with Crippen LogP contribution in [0.5, 0.6) is 17.2 Å². The number of hydrogen-bond acceptors (Lipinski definition) is 7. The lowest BCUT2D eigenvalue weighted by Crippen LogP contribution is -2.39. The molecule has 0 aliphatic heterocycles. The maximum atomic E-state index is 11.4. The lowest BCUT2D eigenvalue weighted by atomic mass is 10.1. The molecule has 0 unspecified atom stereocenters. The third kappa shape index (κ3) is 3.87. The monoisotopic (exact) mass is 451 g/mol. The first-order valence-electron chi connectivity index (χ1n) is 8.67. The second-order valence-corrected chi connectivity index (χ2v) is 8.79. The molecule has 0 saturated carbocycles. The molecule has 7 nitrogen and oxygen atoms in total. The van der Waals surface area contributed by atoms with Crippen molar-refractivity contribution in [3.05, 3.63) is 24.5 Å². The summed E-state index contributed by atoms with van der Waals surface area (Å²) in [5.41, 5.74) is 1.00. The number of hydrogen-bond donors (Lipinski definition) is 0. The summed E-state index contributed by atoms with van der Waals surface area (Å²) in [6.45, 7) is 5.32. The Kier molecular flexibility index (Phi) is 5.69. The highest BCUT2D eigenvalue weighted by molar-refractivity contribution is 9.10. The average molecular weight is 452 g/mol. The molecule has 2 aromatic heterocycles. The number of benzene rings is 1. The zero-order valence-electron chi connectivity index (χ0n) is 16.4. The average Bonchev–Trinajstić information content (AvgIpc) is 3.09. The van der Waals surface area contributed by atoms with Crippen molar-refractivity contribution in [2.45, 2.75) is 31.2 Å². The van der Waals surface area contributed by atoms with Gasteiger partial charge in [-0.3, -0.25) is 4.79 Å². The number of fused-ring (bicyclic) bond motifs is 2. The minimum absolute atomic E-state index is 0.139. The topological polar surface area (TPSA) is 80.0 Å². The smallest absolute Gasteiger partial charge is 0.303 e. The van der Waals surface area contributed by atoms with Crippen molar-refractivity contribution in [2.24, 2.45) is 0 Å². The minimum atomic E-state index is -0.500. The van der Waals surface area contributed by atoms with Gasteiger partial charge in [-0.25, -0.2) is 4.98 Å². The van der Waals surface area contributed by atoms with Gasteiger partial charge in [-0.15, -0.1) is 0 Å². The molecule has 2 heterocycles. The molecule has 0 aliphatic rings. The number of halogens is 1. The van der Waals surface area contributed by atoms with Crippen LogP contribution in [-0.2, 0) is 9.53 Å².